The van der Waals surface area contributed by atoms with E-state index in [9.17, 15) is 14.4 Å². The third-order valence-corrected chi connectivity index (χ3v) is 3.13. The molecule has 0 saturated heterocycles. The lowest BCUT2D eigenvalue weighted by molar-refractivity contribution is -0.146. The third kappa shape index (κ3) is 5.72. The van der Waals surface area contributed by atoms with Gasteiger partial charge in [0.25, 0.3) is 0 Å². The Bertz CT molecular complexity index is 362. The van der Waals surface area contributed by atoms with Crippen molar-refractivity contribution in [3.63, 3.8) is 0 Å². The van der Waals surface area contributed by atoms with Crippen molar-refractivity contribution in [1.29, 1.82) is 0 Å². The van der Waals surface area contributed by atoms with E-state index in [2.05, 4.69) is 10.6 Å². The van der Waals surface area contributed by atoms with Gasteiger partial charge in [0.05, 0.1) is 5.41 Å². The number of carboxylic acids is 1. The molecule has 0 aromatic rings. The van der Waals surface area contributed by atoms with Gasteiger partial charge < -0.3 is 15.7 Å². The van der Waals surface area contributed by atoms with Crippen molar-refractivity contribution in [2.45, 2.75) is 39.5 Å². The Kier molecular flexibility index (Phi) is 5.32. The number of carbonyl (C=O) groups excluding carboxylic acids is 2. The van der Waals surface area contributed by atoms with Gasteiger partial charge in [-0.3, -0.25) is 14.4 Å². The molecular weight excluding hydrogens is 248 g/mol. The molecule has 0 heterocycles. The summed E-state index contributed by atoms with van der Waals surface area (Å²) < 4.78 is 0. The largest absolute Gasteiger partial charge is 0.481 e. The predicted octanol–water partition coefficient (Wildman–Crippen LogP) is 0.520. The first-order valence-corrected chi connectivity index (χ1v) is 6.61. The standard InChI is InChI=1S/C13H22N2O4/c1-13(2,12(18)19)8-15-10(16)4-3-7-14-11(17)9-5-6-9/h9H,3-8H2,1-2H3,(H,14,17)(H,15,16)(H,18,19). The maximum absolute atomic E-state index is 11.5. The molecule has 0 unspecified atom stereocenters. The van der Waals surface area contributed by atoms with Gasteiger partial charge in [0, 0.05) is 25.4 Å². The summed E-state index contributed by atoms with van der Waals surface area (Å²) in [7, 11) is 0. The van der Waals surface area contributed by atoms with E-state index in [0.29, 0.717) is 19.4 Å². The Labute approximate surface area is 112 Å². The van der Waals surface area contributed by atoms with Crippen molar-refractivity contribution in [3.8, 4) is 0 Å². The number of carboxylic acid groups (broad SMARTS) is 1. The normalized spacial score (nSPS) is 14.8. The number of aliphatic carboxylic acids is 1. The molecule has 1 aliphatic carbocycles. The summed E-state index contributed by atoms with van der Waals surface area (Å²) in [6.45, 7) is 3.72. The maximum Gasteiger partial charge on any atom is 0.310 e. The molecule has 6 nitrogen and oxygen atoms in total. The Morgan fingerprint density at radius 3 is 2.37 bits per heavy atom. The van der Waals surface area contributed by atoms with Gasteiger partial charge in [-0.05, 0) is 33.1 Å². The minimum Gasteiger partial charge on any atom is -0.481 e. The van der Waals surface area contributed by atoms with Gasteiger partial charge in [0.2, 0.25) is 11.8 Å². The smallest absolute Gasteiger partial charge is 0.310 e. The van der Waals surface area contributed by atoms with Crippen LogP contribution in [0.5, 0.6) is 0 Å². The minimum absolute atomic E-state index is 0.0763. The van der Waals surface area contributed by atoms with Gasteiger partial charge in [0.15, 0.2) is 0 Å². The number of rotatable bonds is 8. The average Bonchev–Trinajstić information content (AvgIpc) is 3.15. The van der Waals surface area contributed by atoms with Crippen LogP contribution in [0.2, 0.25) is 0 Å². The molecule has 19 heavy (non-hydrogen) atoms. The van der Waals surface area contributed by atoms with Gasteiger partial charge in [-0.15, -0.1) is 0 Å². The molecule has 0 aromatic carbocycles. The Morgan fingerprint density at radius 1 is 1.21 bits per heavy atom. The fraction of sp³-hybridized carbons (Fsp3) is 0.769. The number of amides is 2. The van der Waals surface area contributed by atoms with E-state index in [4.69, 9.17) is 5.11 Å². The molecule has 1 fully saturated rings. The molecule has 3 N–H and O–H groups in total. The monoisotopic (exact) mass is 270 g/mol. The highest BCUT2D eigenvalue weighted by atomic mass is 16.4. The van der Waals surface area contributed by atoms with Crippen LogP contribution in [0, 0.1) is 11.3 Å². The molecular formula is C13H22N2O4. The SMILES string of the molecule is CC(C)(CNC(=O)CCCNC(=O)C1CC1)C(=O)O. The fourth-order valence-corrected chi connectivity index (χ4v) is 1.43. The van der Waals surface area contributed by atoms with Crippen molar-refractivity contribution < 1.29 is 19.5 Å². The summed E-state index contributed by atoms with van der Waals surface area (Å²) in [5.74, 6) is -0.864. The first-order valence-electron chi connectivity index (χ1n) is 6.61. The van der Waals surface area contributed by atoms with Gasteiger partial charge in [0.1, 0.15) is 0 Å². The maximum atomic E-state index is 11.5. The summed E-state index contributed by atoms with van der Waals surface area (Å²) >= 11 is 0. The molecule has 108 valence electrons. The van der Waals surface area contributed by atoms with Crippen LogP contribution in [0.1, 0.15) is 39.5 Å². The molecule has 0 radical (unpaired) electrons. The van der Waals surface area contributed by atoms with E-state index in [1.165, 1.54) is 0 Å². The Balaban J connectivity index is 2.07. The Hall–Kier alpha value is -1.59. The third-order valence-electron chi connectivity index (χ3n) is 3.13. The van der Waals surface area contributed by atoms with Crippen LogP contribution in [-0.2, 0) is 14.4 Å². The van der Waals surface area contributed by atoms with Crippen LogP contribution in [0.4, 0.5) is 0 Å². The van der Waals surface area contributed by atoms with Crippen molar-refractivity contribution in [1.82, 2.24) is 10.6 Å². The number of hydrogen-bond acceptors (Lipinski definition) is 3. The highest BCUT2D eigenvalue weighted by molar-refractivity contribution is 5.81. The summed E-state index contributed by atoms with van der Waals surface area (Å²) in [5, 5.41) is 14.3. The van der Waals surface area contributed by atoms with Crippen molar-refractivity contribution >= 4 is 17.8 Å². The average molecular weight is 270 g/mol. The van der Waals surface area contributed by atoms with E-state index in [0.717, 1.165) is 12.8 Å². The summed E-state index contributed by atoms with van der Waals surface area (Å²) in [4.78, 5) is 33.6. The molecule has 0 spiro atoms. The topological polar surface area (TPSA) is 95.5 Å². The van der Waals surface area contributed by atoms with Crippen molar-refractivity contribution in [2.75, 3.05) is 13.1 Å². The molecule has 1 saturated carbocycles. The predicted molar refractivity (Wildman–Crippen MR) is 69.4 cm³/mol. The fourth-order valence-electron chi connectivity index (χ4n) is 1.43. The van der Waals surface area contributed by atoms with Gasteiger partial charge in [-0.25, -0.2) is 0 Å². The van der Waals surface area contributed by atoms with Crippen LogP contribution < -0.4 is 10.6 Å². The van der Waals surface area contributed by atoms with E-state index in [-0.39, 0.29) is 24.3 Å². The highest BCUT2D eigenvalue weighted by Gasteiger charge is 2.29. The van der Waals surface area contributed by atoms with Crippen LogP contribution in [-0.4, -0.2) is 36.0 Å². The lowest BCUT2D eigenvalue weighted by atomic mass is 9.94. The molecule has 6 heteroatoms. The van der Waals surface area contributed by atoms with Crippen LogP contribution >= 0.6 is 0 Å². The first-order chi connectivity index (χ1) is 8.83. The second-order valence-corrected chi connectivity index (χ2v) is 5.63. The number of carbonyl (C=O) groups is 3. The van der Waals surface area contributed by atoms with Crippen LogP contribution in [0.25, 0.3) is 0 Å². The van der Waals surface area contributed by atoms with Crippen molar-refractivity contribution in [3.05, 3.63) is 0 Å². The lowest BCUT2D eigenvalue weighted by Crippen LogP contribution is -2.39. The number of hydrogen-bond donors (Lipinski definition) is 3. The van der Waals surface area contributed by atoms with E-state index >= 15 is 0 Å². The molecule has 2 amide bonds. The minimum atomic E-state index is -0.962. The van der Waals surface area contributed by atoms with Gasteiger partial charge >= 0.3 is 5.97 Å². The van der Waals surface area contributed by atoms with E-state index in [1.54, 1.807) is 13.8 Å². The van der Waals surface area contributed by atoms with Gasteiger partial charge in [-0.2, -0.15) is 0 Å². The molecule has 0 aliphatic heterocycles. The van der Waals surface area contributed by atoms with Crippen molar-refractivity contribution in [2.24, 2.45) is 11.3 Å². The van der Waals surface area contributed by atoms with Crippen LogP contribution in [0.3, 0.4) is 0 Å². The molecule has 0 atom stereocenters. The zero-order chi connectivity index (χ0) is 14.5. The van der Waals surface area contributed by atoms with Crippen LogP contribution in [0.15, 0.2) is 0 Å². The second kappa shape index (κ2) is 6.54. The summed E-state index contributed by atoms with van der Waals surface area (Å²) in [6, 6.07) is 0. The highest BCUT2D eigenvalue weighted by Crippen LogP contribution is 2.28. The Morgan fingerprint density at radius 2 is 1.84 bits per heavy atom. The quantitative estimate of drug-likeness (QED) is 0.560. The number of nitrogens with one attached hydrogen (secondary N) is 2. The zero-order valence-electron chi connectivity index (χ0n) is 11.5. The summed E-state index contributed by atoms with van der Waals surface area (Å²) in [5.41, 5.74) is -0.962. The molecule has 1 aliphatic rings. The van der Waals surface area contributed by atoms with E-state index < -0.39 is 11.4 Å². The van der Waals surface area contributed by atoms with Gasteiger partial charge in [-0.1, -0.05) is 0 Å². The lowest BCUT2D eigenvalue weighted by Gasteiger charge is -2.19. The second-order valence-electron chi connectivity index (χ2n) is 5.63. The molecule has 0 bridgehead atoms. The molecule has 1 rings (SSSR count). The summed E-state index contributed by atoms with van der Waals surface area (Å²) in [6.07, 6.45) is 2.80. The molecule has 0 aromatic heterocycles. The van der Waals surface area contributed by atoms with E-state index in [1.807, 2.05) is 0 Å². The first kappa shape index (κ1) is 15.5. The zero-order valence-corrected chi connectivity index (χ0v) is 11.5.